The molecule has 3 aromatic rings. The van der Waals surface area contributed by atoms with Crippen molar-refractivity contribution in [1.82, 2.24) is 9.55 Å². The van der Waals surface area contributed by atoms with Crippen LogP contribution in [0.3, 0.4) is 0 Å². The van der Waals surface area contributed by atoms with Crippen LogP contribution in [0.2, 0.25) is 0 Å². The van der Waals surface area contributed by atoms with Crippen molar-refractivity contribution < 1.29 is 4.42 Å². The second kappa shape index (κ2) is 3.34. The number of hydrogen-bond donors (Lipinski definition) is 0. The van der Waals surface area contributed by atoms with Crippen LogP contribution in [0.25, 0.3) is 16.7 Å². The predicted molar refractivity (Wildman–Crippen MR) is 59.6 cm³/mol. The third-order valence-corrected chi connectivity index (χ3v) is 2.42. The van der Waals surface area contributed by atoms with E-state index in [4.69, 9.17) is 4.42 Å². The highest BCUT2D eigenvalue weighted by Gasteiger charge is 2.04. The van der Waals surface area contributed by atoms with E-state index in [1.807, 2.05) is 24.3 Å². The van der Waals surface area contributed by atoms with Gasteiger partial charge >= 0.3 is 5.63 Å². The molecule has 3 rings (SSSR count). The molecule has 0 fully saturated rings. The first-order valence-corrected chi connectivity index (χ1v) is 4.86. The lowest BCUT2D eigenvalue weighted by Crippen LogP contribution is -2.03. The highest BCUT2D eigenvalue weighted by Crippen LogP contribution is 2.14. The minimum atomic E-state index is -0.332. The zero-order valence-corrected chi connectivity index (χ0v) is 8.33. The molecule has 0 unspecified atom stereocenters. The van der Waals surface area contributed by atoms with E-state index >= 15 is 0 Å². The van der Waals surface area contributed by atoms with Crippen LogP contribution < -0.4 is 5.63 Å². The van der Waals surface area contributed by atoms with Gasteiger partial charge in [-0.1, -0.05) is 18.2 Å². The Kier molecular flexibility index (Phi) is 1.86. The van der Waals surface area contributed by atoms with Crippen LogP contribution >= 0.6 is 0 Å². The molecule has 78 valence electrons. The first kappa shape index (κ1) is 8.91. The van der Waals surface area contributed by atoms with Crippen LogP contribution in [0, 0.1) is 0 Å². The molecule has 0 bridgehead atoms. The van der Waals surface area contributed by atoms with Gasteiger partial charge in [0.1, 0.15) is 6.33 Å². The molecular formula is C12H8N2O2. The first-order valence-electron chi connectivity index (χ1n) is 4.86. The van der Waals surface area contributed by atoms with E-state index in [0.717, 1.165) is 5.39 Å². The highest BCUT2D eigenvalue weighted by molar-refractivity contribution is 5.81. The molecule has 0 aliphatic heterocycles. The molecule has 4 nitrogen and oxygen atoms in total. The monoisotopic (exact) mass is 212 g/mol. The smallest absolute Gasteiger partial charge is 0.345 e. The number of hydrogen-bond acceptors (Lipinski definition) is 3. The van der Waals surface area contributed by atoms with Crippen molar-refractivity contribution in [2.24, 2.45) is 0 Å². The Bertz CT molecular complexity index is 684. The van der Waals surface area contributed by atoms with E-state index < -0.39 is 0 Å². The summed E-state index contributed by atoms with van der Waals surface area (Å²) in [5.74, 6) is 0.473. The van der Waals surface area contributed by atoms with Crippen molar-refractivity contribution in [2.45, 2.75) is 0 Å². The van der Waals surface area contributed by atoms with Gasteiger partial charge in [-0.2, -0.15) is 0 Å². The maximum absolute atomic E-state index is 11.7. The molecule has 0 saturated heterocycles. The summed E-state index contributed by atoms with van der Waals surface area (Å²) in [6, 6.07) is 9.15. The number of benzene rings is 1. The van der Waals surface area contributed by atoms with Crippen LogP contribution in [0.4, 0.5) is 0 Å². The third-order valence-electron chi connectivity index (χ3n) is 2.42. The molecule has 0 aliphatic rings. The third kappa shape index (κ3) is 1.32. The second-order valence-electron chi connectivity index (χ2n) is 3.43. The second-order valence-corrected chi connectivity index (χ2v) is 3.43. The van der Waals surface area contributed by atoms with Crippen LogP contribution in [-0.4, -0.2) is 9.55 Å². The topological polar surface area (TPSA) is 48.0 Å². The number of fused-ring (bicyclic) bond motifs is 1. The number of rotatable bonds is 1. The zero-order valence-electron chi connectivity index (χ0n) is 8.33. The Labute approximate surface area is 90.8 Å². The molecule has 0 atom stereocenters. The summed E-state index contributed by atoms with van der Waals surface area (Å²) in [7, 11) is 0. The van der Waals surface area contributed by atoms with E-state index in [-0.39, 0.29) is 5.63 Å². The minimum Gasteiger partial charge on any atom is -0.405 e. The van der Waals surface area contributed by atoms with Gasteiger partial charge in [-0.25, -0.2) is 9.78 Å². The number of imidazole rings is 1. The van der Waals surface area contributed by atoms with E-state index in [0.29, 0.717) is 11.3 Å². The fourth-order valence-electron chi connectivity index (χ4n) is 1.64. The fraction of sp³-hybridized carbons (Fsp3) is 0. The highest BCUT2D eigenvalue weighted by atomic mass is 16.4. The molecule has 0 saturated carbocycles. The summed E-state index contributed by atoms with van der Waals surface area (Å²) in [6.07, 6.45) is 4.95. The Morgan fingerprint density at radius 2 is 2.12 bits per heavy atom. The maximum atomic E-state index is 11.7. The molecular weight excluding hydrogens is 204 g/mol. The van der Waals surface area contributed by atoms with Crippen LogP contribution in [0.15, 0.2) is 58.3 Å². The van der Waals surface area contributed by atoms with Gasteiger partial charge < -0.3 is 4.42 Å². The van der Waals surface area contributed by atoms with E-state index in [1.165, 1.54) is 0 Å². The quantitative estimate of drug-likeness (QED) is 0.619. The summed E-state index contributed by atoms with van der Waals surface area (Å²) >= 11 is 0. The molecule has 0 N–H and O–H groups in total. The zero-order chi connectivity index (χ0) is 11.0. The van der Waals surface area contributed by atoms with Gasteiger partial charge in [-0.05, 0) is 11.5 Å². The molecule has 2 heterocycles. The summed E-state index contributed by atoms with van der Waals surface area (Å²) < 4.78 is 6.86. The molecule has 1 aromatic carbocycles. The minimum absolute atomic E-state index is 0.332. The van der Waals surface area contributed by atoms with Crippen molar-refractivity contribution in [3.05, 3.63) is 59.5 Å². The molecule has 2 aromatic heterocycles. The molecule has 0 aliphatic carbocycles. The van der Waals surface area contributed by atoms with Crippen molar-refractivity contribution in [1.29, 1.82) is 0 Å². The molecule has 0 spiro atoms. The van der Waals surface area contributed by atoms with Gasteiger partial charge in [-0.15, -0.1) is 0 Å². The SMILES string of the molecule is O=c1oc(-n2ccnc2)cc2ccccc12. The summed E-state index contributed by atoms with van der Waals surface area (Å²) in [5, 5.41) is 1.45. The lowest BCUT2D eigenvalue weighted by molar-refractivity contribution is 0.495. The lowest BCUT2D eigenvalue weighted by Gasteiger charge is -2.01. The van der Waals surface area contributed by atoms with Crippen molar-refractivity contribution in [2.75, 3.05) is 0 Å². The van der Waals surface area contributed by atoms with Crippen molar-refractivity contribution >= 4 is 10.8 Å². The van der Waals surface area contributed by atoms with E-state index in [1.54, 1.807) is 29.4 Å². The van der Waals surface area contributed by atoms with Gasteiger partial charge in [0.15, 0.2) is 0 Å². The summed E-state index contributed by atoms with van der Waals surface area (Å²) in [5.41, 5.74) is -0.332. The van der Waals surface area contributed by atoms with Gasteiger partial charge in [0.2, 0.25) is 5.88 Å². The summed E-state index contributed by atoms with van der Waals surface area (Å²) in [4.78, 5) is 15.6. The van der Waals surface area contributed by atoms with E-state index in [9.17, 15) is 4.79 Å². The average molecular weight is 212 g/mol. The average Bonchev–Trinajstić information content (AvgIpc) is 2.82. The maximum Gasteiger partial charge on any atom is 0.345 e. The standard InChI is InChI=1S/C12H8N2O2/c15-12-10-4-2-1-3-9(10)7-11(16-12)14-6-5-13-8-14/h1-8H. The fourth-order valence-corrected chi connectivity index (χ4v) is 1.64. The molecule has 0 amide bonds. The van der Waals surface area contributed by atoms with Crippen LogP contribution in [0.1, 0.15) is 0 Å². The van der Waals surface area contributed by atoms with Crippen LogP contribution in [-0.2, 0) is 0 Å². The predicted octanol–water partition coefficient (Wildman–Crippen LogP) is 1.98. The number of nitrogens with zero attached hydrogens (tertiary/aromatic N) is 2. The molecule has 4 heteroatoms. The van der Waals surface area contributed by atoms with E-state index in [2.05, 4.69) is 4.98 Å². The largest absolute Gasteiger partial charge is 0.405 e. The van der Waals surface area contributed by atoms with Gasteiger partial charge in [0.25, 0.3) is 0 Å². The molecule has 16 heavy (non-hydrogen) atoms. The first-order chi connectivity index (χ1) is 7.84. The van der Waals surface area contributed by atoms with Crippen LogP contribution in [0.5, 0.6) is 0 Å². The van der Waals surface area contributed by atoms with Gasteiger partial charge in [-0.3, -0.25) is 4.57 Å². The Morgan fingerprint density at radius 3 is 2.94 bits per heavy atom. The normalized spacial score (nSPS) is 10.8. The van der Waals surface area contributed by atoms with Gasteiger partial charge in [0.05, 0.1) is 5.39 Å². The summed E-state index contributed by atoms with van der Waals surface area (Å²) in [6.45, 7) is 0. The Morgan fingerprint density at radius 1 is 1.25 bits per heavy atom. The Balaban J connectivity index is 2.34. The number of aromatic nitrogens is 2. The lowest BCUT2D eigenvalue weighted by atomic mass is 10.2. The Hall–Kier alpha value is -2.36. The van der Waals surface area contributed by atoms with Crippen molar-refractivity contribution in [3.8, 4) is 5.88 Å². The molecule has 0 radical (unpaired) electrons. The van der Waals surface area contributed by atoms with Crippen molar-refractivity contribution in [3.63, 3.8) is 0 Å². The van der Waals surface area contributed by atoms with Gasteiger partial charge in [0, 0.05) is 18.5 Å².